The molecule has 0 spiro atoms. The Hall–Kier alpha value is -3.60. The number of para-hydroxylation sites is 1. The van der Waals surface area contributed by atoms with Crippen LogP contribution in [0.3, 0.4) is 0 Å². The minimum atomic E-state index is -0.800. The number of nitrogens with one attached hydrogen (secondary N) is 1. The maximum Gasteiger partial charge on any atom is 0.329 e. The van der Waals surface area contributed by atoms with E-state index in [9.17, 15) is 9.59 Å². The van der Waals surface area contributed by atoms with Crippen LogP contribution in [0, 0.1) is 6.92 Å². The molecule has 2 amide bonds. The van der Waals surface area contributed by atoms with Crippen LogP contribution in [-0.2, 0) is 16.1 Å². The number of amides is 2. The van der Waals surface area contributed by atoms with E-state index in [1.165, 1.54) is 4.90 Å². The summed E-state index contributed by atoms with van der Waals surface area (Å²) in [6.45, 7) is 3.77. The van der Waals surface area contributed by atoms with Gasteiger partial charge in [-0.1, -0.05) is 60.7 Å². The van der Waals surface area contributed by atoms with Crippen LogP contribution in [0.1, 0.15) is 18.1 Å². The Morgan fingerprint density at radius 1 is 0.931 bits per heavy atom. The van der Waals surface area contributed by atoms with Gasteiger partial charge in [0.2, 0.25) is 0 Å². The average Bonchev–Trinajstić information content (AvgIpc) is 2.73. The zero-order valence-corrected chi connectivity index (χ0v) is 16.5. The standard InChI is InChI=1S/C24H24N2O3/c1-18-10-9-13-21(16-18)25-24(28)26(22-14-7-4-8-15-22)19(2)23(27)29-17-20-11-5-3-6-12-20/h3-16,19H,17H2,1-2H3,(H,25,28)/t19-/m0/s1. The molecule has 1 atom stereocenters. The molecule has 148 valence electrons. The molecule has 5 nitrogen and oxygen atoms in total. The minimum absolute atomic E-state index is 0.159. The van der Waals surface area contributed by atoms with E-state index in [1.807, 2.05) is 79.7 Å². The molecule has 0 aliphatic heterocycles. The van der Waals surface area contributed by atoms with Gasteiger partial charge in [0.05, 0.1) is 0 Å². The fraction of sp³-hybridized carbons (Fsp3) is 0.167. The number of rotatable bonds is 6. The third-order valence-corrected chi connectivity index (χ3v) is 4.47. The molecule has 3 aromatic rings. The van der Waals surface area contributed by atoms with Crippen molar-refractivity contribution in [3.63, 3.8) is 0 Å². The highest BCUT2D eigenvalue weighted by Gasteiger charge is 2.28. The number of carbonyl (C=O) groups is 2. The van der Waals surface area contributed by atoms with Crippen LogP contribution >= 0.6 is 0 Å². The lowest BCUT2D eigenvalue weighted by Gasteiger charge is -2.28. The number of urea groups is 1. The van der Waals surface area contributed by atoms with Gasteiger partial charge in [-0.2, -0.15) is 0 Å². The van der Waals surface area contributed by atoms with Crippen LogP contribution in [-0.4, -0.2) is 18.0 Å². The molecule has 1 N–H and O–H groups in total. The second-order valence-corrected chi connectivity index (χ2v) is 6.77. The molecule has 0 heterocycles. The Kier molecular flexibility index (Phi) is 6.63. The molecule has 29 heavy (non-hydrogen) atoms. The third kappa shape index (κ3) is 5.45. The van der Waals surface area contributed by atoms with Gasteiger partial charge >= 0.3 is 12.0 Å². The van der Waals surface area contributed by atoms with Crippen molar-refractivity contribution in [1.29, 1.82) is 0 Å². The summed E-state index contributed by atoms with van der Waals surface area (Å²) in [6.07, 6.45) is 0. The number of aryl methyl sites for hydroxylation is 1. The summed E-state index contributed by atoms with van der Waals surface area (Å²) in [5.41, 5.74) is 3.20. The molecule has 0 aromatic heterocycles. The maximum atomic E-state index is 13.1. The van der Waals surface area contributed by atoms with Crippen molar-refractivity contribution in [3.8, 4) is 0 Å². The minimum Gasteiger partial charge on any atom is -0.459 e. The highest BCUT2D eigenvalue weighted by atomic mass is 16.5. The Bertz CT molecular complexity index is 958. The van der Waals surface area contributed by atoms with E-state index in [-0.39, 0.29) is 6.61 Å². The van der Waals surface area contributed by atoms with E-state index in [0.29, 0.717) is 11.4 Å². The molecule has 3 aromatic carbocycles. The Labute approximate surface area is 170 Å². The molecule has 3 rings (SSSR count). The summed E-state index contributed by atoms with van der Waals surface area (Å²) in [5.74, 6) is -0.475. The highest BCUT2D eigenvalue weighted by Crippen LogP contribution is 2.20. The molecule has 0 unspecified atom stereocenters. The van der Waals surface area contributed by atoms with E-state index in [1.54, 1.807) is 19.1 Å². The molecule has 5 heteroatoms. The molecule has 0 fully saturated rings. The number of nitrogens with zero attached hydrogens (tertiary/aromatic N) is 1. The smallest absolute Gasteiger partial charge is 0.329 e. The van der Waals surface area contributed by atoms with E-state index in [4.69, 9.17) is 4.74 Å². The Morgan fingerprint density at radius 2 is 1.59 bits per heavy atom. The van der Waals surface area contributed by atoms with Crippen LogP contribution in [0.15, 0.2) is 84.9 Å². The van der Waals surface area contributed by atoms with Crippen molar-refractivity contribution in [2.75, 3.05) is 10.2 Å². The molecular formula is C24H24N2O3. The van der Waals surface area contributed by atoms with E-state index >= 15 is 0 Å². The largest absolute Gasteiger partial charge is 0.459 e. The number of esters is 1. The lowest BCUT2D eigenvalue weighted by Crippen LogP contribution is -2.46. The number of hydrogen-bond acceptors (Lipinski definition) is 3. The second-order valence-electron chi connectivity index (χ2n) is 6.77. The zero-order valence-electron chi connectivity index (χ0n) is 16.5. The van der Waals surface area contributed by atoms with E-state index < -0.39 is 18.0 Å². The van der Waals surface area contributed by atoms with Gasteiger partial charge < -0.3 is 10.1 Å². The number of hydrogen-bond donors (Lipinski definition) is 1. The van der Waals surface area contributed by atoms with E-state index in [0.717, 1.165) is 11.1 Å². The van der Waals surface area contributed by atoms with Gasteiger partial charge in [0.25, 0.3) is 0 Å². The lowest BCUT2D eigenvalue weighted by atomic mass is 10.2. The third-order valence-electron chi connectivity index (χ3n) is 4.47. The van der Waals surface area contributed by atoms with Crippen LogP contribution in [0.4, 0.5) is 16.2 Å². The van der Waals surface area contributed by atoms with Gasteiger partial charge in [-0.25, -0.2) is 9.59 Å². The summed E-state index contributed by atoms with van der Waals surface area (Å²) < 4.78 is 5.45. The molecule has 0 aliphatic rings. The number of anilines is 2. The molecule has 0 bridgehead atoms. The predicted octanol–water partition coefficient (Wildman–Crippen LogP) is 5.17. The summed E-state index contributed by atoms with van der Waals surface area (Å²) in [6, 6.07) is 24.8. The molecular weight excluding hydrogens is 364 g/mol. The van der Waals surface area contributed by atoms with Crippen LogP contribution in [0.25, 0.3) is 0 Å². The van der Waals surface area contributed by atoms with Crippen molar-refractivity contribution < 1.29 is 14.3 Å². The second kappa shape index (κ2) is 9.55. The summed E-state index contributed by atoms with van der Waals surface area (Å²) in [4.78, 5) is 27.2. The highest BCUT2D eigenvalue weighted by molar-refractivity contribution is 6.05. The molecule has 0 aliphatic carbocycles. The number of ether oxygens (including phenoxy) is 1. The Balaban J connectivity index is 1.77. The van der Waals surface area contributed by atoms with Gasteiger partial charge in [0.15, 0.2) is 0 Å². The van der Waals surface area contributed by atoms with Gasteiger partial charge in [-0.15, -0.1) is 0 Å². The molecule has 0 radical (unpaired) electrons. The van der Waals surface area contributed by atoms with Crippen molar-refractivity contribution in [1.82, 2.24) is 0 Å². The fourth-order valence-corrected chi connectivity index (χ4v) is 2.97. The normalized spacial score (nSPS) is 11.4. The molecule has 0 saturated heterocycles. The van der Waals surface area contributed by atoms with Gasteiger partial charge in [-0.3, -0.25) is 4.90 Å². The summed E-state index contributed by atoms with van der Waals surface area (Å²) in [5, 5.41) is 2.87. The number of benzene rings is 3. The van der Waals surface area contributed by atoms with Crippen molar-refractivity contribution in [2.24, 2.45) is 0 Å². The Morgan fingerprint density at radius 3 is 2.24 bits per heavy atom. The van der Waals surface area contributed by atoms with Crippen LogP contribution < -0.4 is 10.2 Å². The first-order chi connectivity index (χ1) is 14.0. The summed E-state index contributed by atoms with van der Waals surface area (Å²) >= 11 is 0. The SMILES string of the molecule is Cc1cccc(NC(=O)N(c2ccccc2)[C@@H](C)C(=O)OCc2ccccc2)c1. The first-order valence-corrected chi connectivity index (χ1v) is 9.47. The van der Waals surface area contributed by atoms with Crippen molar-refractivity contribution in [3.05, 3.63) is 96.1 Å². The monoisotopic (exact) mass is 388 g/mol. The van der Waals surface area contributed by atoms with Crippen LogP contribution in [0.5, 0.6) is 0 Å². The zero-order chi connectivity index (χ0) is 20.6. The van der Waals surface area contributed by atoms with Gasteiger partial charge in [0, 0.05) is 11.4 Å². The van der Waals surface area contributed by atoms with Gasteiger partial charge in [0.1, 0.15) is 12.6 Å². The first kappa shape index (κ1) is 20.1. The lowest BCUT2D eigenvalue weighted by molar-refractivity contribution is -0.146. The van der Waals surface area contributed by atoms with Gasteiger partial charge in [-0.05, 0) is 49.2 Å². The van der Waals surface area contributed by atoms with E-state index in [2.05, 4.69) is 5.32 Å². The predicted molar refractivity (Wildman–Crippen MR) is 115 cm³/mol. The summed E-state index contributed by atoms with van der Waals surface area (Å²) in [7, 11) is 0. The van der Waals surface area contributed by atoms with Crippen molar-refractivity contribution >= 4 is 23.4 Å². The quantitative estimate of drug-likeness (QED) is 0.593. The maximum absolute atomic E-state index is 13.1. The van der Waals surface area contributed by atoms with Crippen LogP contribution in [0.2, 0.25) is 0 Å². The average molecular weight is 388 g/mol. The first-order valence-electron chi connectivity index (χ1n) is 9.47. The fourth-order valence-electron chi connectivity index (χ4n) is 2.97. The van der Waals surface area contributed by atoms with Crippen molar-refractivity contribution in [2.45, 2.75) is 26.5 Å². The topological polar surface area (TPSA) is 58.6 Å². The number of carbonyl (C=O) groups excluding carboxylic acids is 2. The molecule has 0 saturated carbocycles.